The lowest BCUT2D eigenvalue weighted by Gasteiger charge is -2.26. The summed E-state index contributed by atoms with van der Waals surface area (Å²) in [6, 6.07) is 6.05. The molecule has 5 heteroatoms. The van der Waals surface area contributed by atoms with E-state index >= 15 is 0 Å². The van der Waals surface area contributed by atoms with Gasteiger partial charge in [-0.15, -0.1) is 0 Å². The lowest BCUT2D eigenvalue weighted by atomic mass is 10.1. The lowest BCUT2D eigenvalue weighted by molar-refractivity contribution is -0.138. The van der Waals surface area contributed by atoms with Crippen molar-refractivity contribution in [2.75, 3.05) is 6.54 Å². The number of hydrogen-bond acceptors (Lipinski definition) is 3. The molecule has 0 saturated heterocycles. The van der Waals surface area contributed by atoms with Crippen molar-refractivity contribution >= 4 is 5.97 Å². The molecule has 102 valence electrons. The van der Waals surface area contributed by atoms with Gasteiger partial charge in [-0.05, 0) is 25.6 Å². The predicted molar refractivity (Wildman–Crippen MR) is 68.9 cm³/mol. The molecule has 0 fully saturated rings. The smallest absolute Gasteiger partial charge is 0.304 e. The third-order valence-corrected chi connectivity index (χ3v) is 3.06. The minimum Gasteiger partial charge on any atom is -0.481 e. The second-order valence-electron chi connectivity index (χ2n) is 4.43. The van der Waals surface area contributed by atoms with Crippen molar-refractivity contribution in [3.63, 3.8) is 0 Å². The van der Waals surface area contributed by atoms with E-state index in [0.717, 1.165) is 0 Å². The van der Waals surface area contributed by atoms with Gasteiger partial charge in [0.2, 0.25) is 0 Å². The number of benzene rings is 1. The van der Waals surface area contributed by atoms with Gasteiger partial charge in [0.05, 0.1) is 18.1 Å². The van der Waals surface area contributed by atoms with E-state index in [1.807, 2.05) is 17.9 Å². The van der Waals surface area contributed by atoms with Crippen LogP contribution in [-0.2, 0) is 11.3 Å². The molecule has 1 N–H and O–H groups in total. The Morgan fingerprint density at radius 2 is 2.26 bits per heavy atom. The van der Waals surface area contributed by atoms with Gasteiger partial charge in [-0.2, -0.15) is 5.26 Å². The maximum Gasteiger partial charge on any atom is 0.304 e. The molecule has 0 aliphatic carbocycles. The van der Waals surface area contributed by atoms with Crippen LogP contribution in [0.15, 0.2) is 18.2 Å². The number of nitrogens with zero attached hydrogens (tertiary/aromatic N) is 2. The molecular formula is C14H17FN2O2. The third-order valence-electron chi connectivity index (χ3n) is 3.06. The Morgan fingerprint density at radius 1 is 1.58 bits per heavy atom. The lowest BCUT2D eigenvalue weighted by Crippen LogP contribution is -2.34. The van der Waals surface area contributed by atoms with E-state index in [0.29, 0.717) is 18.7 Å². The van der Waals surface area contributed by atoms with Gasteiger partial charge in [0, 0.05) is 18.2 Å². The molecule has 0 radical (unpaired) electrons. The zero-order valence-corrected chi connectivity index (χ0v) is 11.1. The van der Waals surface area contributed by atoms with Crippen LogP contribution in [0.1, 0.15) is 31.4 Å². The third kappa shape index (κ3) is 4.34. The van der Waals surface area contributed by atoms with Crippen molar-refractivity contribution in [2.45, 2.75) is 32.9 Å². The van der Waals surface area contributed by atoms with Gasteiger partial charge in [0.15, 0.2) is 0 Å². The van der Waals surface area contributed by atoms with Crippen LogP contribution in [-0.4, -0.2) is 28.6 Å². The number of nitriles is 1. The van der Waals surface area contributed by atoms with Crippen molar-refractivity contribution in [3.05, 3.63) is 35.1 Å². The molecule has 1 atom stereocenters. The van der Waals surface area contributed by atoms with Gasteiger partial charge in [-0.25, -0.2) is 4.39 Å². The first-order chi connectivity index (χ1) is 8.97. The Balaban J connectivity index is 2.81. The number of carbonyl (C=O) groups is 1. The molecule has 1 unspecified atom stereocenters. The molecule has 4 nitrogen and oxygen atoms in total. The molecule has 0 amide bonds. The molecule has 0 saturated carbocycles. The fourth-order valence-electron chi connectivity index (χ4n) is 1.93. The van der Waals surface area contributed by atoms with E-state index in [-0.39, 0.29) is 18.0 Å². The molecule has 1 aromatic rings. The van der Waals surface area contributed by atoms with E-state index in [1.54, 1.807) is 19.1 Å². The van der Waals surface area contributed by atoms with Crippen LogP contribution in [0.5, 0.6) is 0 Å². The molecule has 1 rings (SSSR count). The molecule has 1 aromatic carbocycles. The SMILES string of the molecule is CCN(Cc1ccc(C#N)cc1F)C(C)CC(=O)O. The van der Waals surface area contributed by atoms with Crippen molar-refractivity contribution in [1.82, 2.24) is 4.90 Å². The summed E-state index contributed by atoms with van der Waals surface area (Å²) in [5.41, 5.74) is 0.751. The van der Waals surface area contributed by atoms with Gasteiger partial charge in [-0.3, -0.25) is 9.69 Å². The molecule has 0 bridgehead atoms. The zero-order valence-electron chi connectivity index (χ0n) is 11.1. The summed E-state index contributed by atoms with van der Waals surface area (Å²) in [6.07, 6.45) is 0.0196. The zero-order chi connectivity index (χ0) is 14.4. The maximum absolute atomic E-state index is 13.8. The summed E-state index contributed by atoms with van der Waals surface area (Å²) >= 11 is 0. The molecule has 0 spiro atoms. The van der Waals surface area contributed by atoms with Gasteiger partial charge in [-0.1, -0.05) is 13.0 Å². The first kappa shape index (κ1) is 15.1. The highest BCUT2D eigenvalue weighted by molar-refractivity contribution is 5.67. The van der Waals surface area contributed by atoms with Crippen molar-refractivity contribution in [3.8, 4) is 6.07 Å². The van der Waals surface area contributed by atoms with Crippen LogP contribution in [0, 0.1) is 17.1 Å². The van der Waals surface area contributed by atoms with Crippen molar-refractivity contribution < 1.29 is 14.3 Å². The number of carboxylic acids is 1. The fraction of sp³-hybridized carbons (Fsp3) is 0.429. The van der Waals surface area contributed by atoms with Gasteiger partial charge >= 0.3 is 5.97 Å². The molecule has 0 aliphatic rings. The molecule has 19 heavy (non-hydrogen) atoms. The highest BCUT2D eigenvalue weighted by atomic mass is 19.1. The number of hydrogen-bond donors (Lipinski definition) is 1. The van der Waals surface area contributed by atoms with E-state index < -0.39 is 11.8 Å². The Kier molecular flexibility index (Phi) is 5.46. The summed E-state index contributed by atoms with van der Waals surface area (Å²) in [5, 5.41) is 17.5. The normalized spacial score (nSPS) is 12.2. The Labute approximate surface area is 112 Å². The first-order valence-electron chi connectivity index (χ1n) is 6.12. The van der Waals surface area contributed by atoms with Gasteiger partial charge in [0.25, 0.3) is 0 Å². The Bertz CT molecular complexity index is 497. The number of halogens is 1. The number of rotatable bonds is 6. The second-order valence-corrected chi connectivity index (χ2v) is 4.43. The fourth-order valence-corrected chi connectivity index (χ4v) is 1.93. The molecule has 0 aromatic heterocycles. The Morgan fingerprint density at radius 3 is 2.74 bits per heavy atom. The summed E-state index contributed by atoms with van der Waals surface area (Å²) in [6.45, 7) is 4.68. The highest BCUT2D eigenvalue weighted by Gasteiger charge is 2.17. The topological polar surface area (TPSA) is 64.3 Å². The minimum atomic E-state index is -0.869. The van der Waals surface area contributed by atoms with Crippen LogP contribution in [0.25, 0.3) is 0 Å². The van der Waals surface area contributed by atoms with E-state index in [4.69, 9.17) is 10.4 Å². The summed E-state index contributed by atoms with van der Waals surface area (Å²) < 4.78 is 13.8. The number of carboxylic acid groups (broad SMARTS) is 1. The minimum absolute atomic E-state index is 0.0196. The van der Waals surface area contributed by atoms with Crippen LogP contribution >= 0.6 is 0 Å². The van der Waals surface area contributed by atoms with Crippen molar-refractivity contribution in [2.24, 2.45) is 0 Å². The average Bonchev–Trinajstić information content (AvgIpc) is 2.36. The van der Waals surface area contributed by atoms with E-state index in [2.05, 4.69) is 0 Å². The van der Waals surface area contributed by atoms with Gasteiger partial charge < -0.3 is 5.11 Å². The maximum atomic E-state index is 13.8. The largest absolute Gasteiger partial charge is 0.481 e. The first-order valence-corrected chi connectivity index (χ1v) is 6.12. The molecule has 0 heterocycles. The van der Waals surface area contributed by atoms with Crippen LogP contribution < -0.4 is 0 Å². The van der Waals surface area contributed by atoms with Crippen LogP contribution in [0.4, 0.5) is 4.39 Å². The van der Waals surface area contributed by atoms with Crippen LogP contribution in [0.3, 0.4) is 0 Å². The highest BCUT2D eigenvalue weighted by Crippen LogP contribution is 2.15. The van der Waals surface area contributed by atoms with Crippen molar-refractivity contribution in [1.29, 1.82) is 5.26 Å². The number of aliphatic carboxylic acids is 1. The summed E-state index contributed by atoms with van der Waals surface area (Å²) in [4.78, 5) is 12.6. The second kappa shape index (κ2) is 6.86. The predicted octanol–water partition coefficient (Wildman–Crippen LogP) is 2.38. The summed E-state index contributed by atoms with van der Waals surface area (Å²) in [7, 11) is 0. The standard InChI is InChI=1S/C14H17FN2O2/c1-3-17(10(2)6-14(18)19)9-12-5-4-11(8-16)7-13(12)15/h4-5,7,10H,3,6,9H2,1-2H3,(H,18,19). The molecule has 0 aliphatic heterocycles. The molecular weight excluding hydrogens is 247 g/mol. The summed E-state index contributed by atoms with van der Waals surface area (Å²) in [5.74, 6) is -1.30. The Hall–Kier alpha value is -1.93. The average molecular weight is 264 g/mol. The quantitative estimate of drug-likeness (QED) is 0.856. The monoisotopic (exact) mass is 264 g/mol. The van der Waals surface area contributed by atoms with Gasteiger partial charge in [0.1, 0.15) is 5.82 Å². The van der Waals surface area contributed by atoms with E-state index in [9.17, 15) is 9.18 Å². The van der Waals surface area contributed by atoms with E-state index in [1.165, 1.54) is 6.07 Å². The van der Waals surface area contributed by atoms with Crippen LogP contribution in [0.2, 0.25) is 0 Å².